The Kier molecular flexibility index (Phi) is 7.88. The van der Waals surface area contributed by atoms with Gasteiger partial charge in [0, 0.05) is 36.8 Å². The first-order chi connectivity index (χ1) is 14.4. The second-order valence-corrected chi connectivity index (χ2v) is 9.06. The van der Waals surface area contributed by atoms with Gasteiger partial charge < -0.3 is 15.5 Å². The number of hydrogen-bond acceptors (Lipinski definition) is 3. The van der Waals surface area contributed by atoms with E-state index in [0.29, 0.717) is 30.3 Å². The maximum atomic E-state index is 12.9. The zero-order chi connectivity index (χ0) is 21.5. The second kappa shape index (κ2) is 10.6. The van der Waals surface area contributed by atoms with Gasteiger partial charge in [-0.3, -0.25) is 14.4 Å². The molecule has 3 amide bonds. The molecule has 1 aromatic carbocycles. The highest BCUT2D eigenvalue weighted by Crippen LogP contribution is 2.24. The quantitative estimate of drug-likeness (QED) is 0.744. The lowest BCUT2D eigenvalue weighted by Crippen LogP contribution is -2.46. The third-order valence-electron chi connectivity index (χ3n) is 6.29. The van der Waals surface area contributed by atoms with E-state index in [2.05, 4.69) is 10.6 Å². The first-order valence-electron chi connectivity index (χ1n) is 11.4. The van der Waals surface area contributed by atoms with Gasteiger partial charge in [-0.25, -0.2) is 0 Å². The van der Waals surface area contributed by atoms with Crippen LogP contribution in [-0.2, 0) is 9.59 Å². The molecule has 2 fully saturated rings. The molecule has 6 nitrogen and oxygen atoms in total. The smallest absolute Gasteiger partial charge is 0.253 e. The van der Waals surface area contributed by atoms with Crippen molar-refractivity contribution in [3.05, 3.63) is 29.8 Å². The van der Waals surface area contributed by atoms with Crippen LogP contribution in [0.3, 0.4) is 0 Å². The van der Waals surface area contributed by atoms with Crippen LogP contribution in [0, 0.1) is 17.8 Å². The van der Waals surface area contributed by atoms with Crippen LogP contribution in [0.5, 0.6) is 0 Å². The summed E-state index contributed by atoms with van der Waals surface area (Å²) in [7, 11) is 0. The molecule has 30 heavy (non-hydrogen) atoms. The molecule has 0 bridgehead atoms. The Bertz CT molecular complexity index is 739. The van der Waals surface area contributed by atoms with Crippen LogP contribution in [0.15, 0.2) is 24.3 Å². The fourth-order valence-electron chi connectivity index (χ4n) is 4.32. The van der Waals surface area contributed by atoms with E-state index < -0.39 is 0 Å². The predicted octanol–water partition coefficient (Wildman–Crippen LogP) is 3.83. The summed E-state index contributed by atoms with van der Waals surface area (Å²) in [6.45, 7) is 5.60. The molecule has 0 aromatic heterocycles. The molecule has 164 valence electrons. The lowest BCUT2D eigenvalue weighted by molar-refractivity contribution is -0.126. The van der Waals surface area contributed by atoms with Crippen molar-refractivity contribution in [3.8, 4) is 0 Å². The van der Waals surface area contributed by atoms with Gasteiger partial charge in [-0.2, -0.15) is 0 Å². The van der Waals surface area contributed by atoms with Crippen LogP contribution < -0.4 is 10.6 Å². The van der Waals surface area contributed by atoms with E-state index in [1.54, 1.807) is 29.2 Å². The molecule has 1 heterocycles. The van der Waals surface area contributed by atoms with Gasteiger partial charge in [0.15, 0.2) is 0 Å². The van der Waals surface area contributed by atoms with E-state index >= 15 is 0 Å². The Hall–Kier alpha value is -2.37. The van der Waals surface area contributed by atoms with Crippen molar-refractivity contribution >= 4 is 23.4 Å². The zero-order valence-corrected chi connectivity index (χ0v) is 18.3. The van der Waals surface area contributed by atoms with Crippen LogP contribution in [0.2, 0.25) is 0 Å². The maximum absolute atomic E-state index is 12.9. The molecule has 0 radical (unpaired) electrons. The first kappa shape index (κ1) is 22.3. The van der Waals surface area contributed by atoms with E-state index in [1.807, 2.05) is 13.8 Å². The number of nitrogens with zero attached hydrogens (tertiary/aromatic N) is 1. The molecule has 1 aromatic rings. The standard InChI is InChI=1S/C24H35N3O3/c1-17(2)22(28)26-21-12-10-19(11-13-21)24(30)27-14-6-9-20(16-27)23(29)25-15-18-7-4-3-5-8-18/h10-13,17-18,20H,3-9,14-16H2,1-2H3,(H,25,29)(H,26,28). The van der Waals surface area contributed by atoms with E-state index in [0.717, 1.165) is 19.4 Å². The van der Waals surface area contributed by atoms with Crippen LogP contribution in [0.25, 0.3) is 0 Å². The van der Waals surface area contributed by atoms with E-state index in [-0.39, 0.29) is 29.6 Å². The molecule has 2 N–H and O–H groups in total. The van der Waals surface area contributed by atoms with E-state index in [1.165, 1.54) is 32.1 Å². The normalized spacial score (nSPS) is 20.1. The van der Waals surface area contributed by atoms with Crippen molar-refractivity contribution < 1.29 is 14.4 Å². The molecule has 1 aliphatic heterocycles. The molecule has 0 spiro atoms. The summed E-state index contributed by atoms with van der Waals surface area (Å²) < 4.78 is 0. The maximum Gasteiger partial charge on any atom is 0.253 e. The van der Waals surface area contributed by atoms with Crippen molar-refractivity contribution in [2.75, 3.05) is 25.0 Å². The fourth-order valence-corrected chi connectivity index (χ4v) is 4.32. The van der Waals surface area contributed by atoms with Crippen molar-refractivity contribution in [1.29, 1.82) is 0 Å². The van der Waals surface area contributed by atoms with Gasteiger partial charge >= 0.3 is 0 Å². The third kappa shape index (κ3) is 6.07. The Labute approximate surface area is 179 Å². The molecular weight excluding hydrogens is 378 g/mol. The van der Waals surface area contributed by atoms with Gasteiger partial charge in [0.25, 0.3) is 5.91 Å². The largest absolute Gasteiger partial charge is 0.356 e. The summed E-state index contributed by atoms with van der Waals surface area (Å²) in [5, 5.41) is 5.97. The van der Waals surface area contributed by atoms with Gasteiger partial charge in [0.2, 0.25) is 11.8 Å². The molecule has 6 heteroatoms. The second-order valence-electron chi connectivity index (χ2n) is 9.06. The number of nitrogens with one attached hydrogen (secondary N) is 2. The fraction of sp³-hybridized carbons (Fsp3) is 0.625. The molecule has 1 aliphatic carbocycles. The van der Waals surface area contributed by atoms with Crippen LogP contribution in [-0.4, -0.2) is 42.3 Å². The van der Waals surface area contributed by atoms with Crippen LogP contribution >= 0.6 is 0 Å². The summed E-state index contributed by atoms with van der Waals surface area (Å²) in [6, 6.07) is 6.99. The number of carbonyl (C=O) groups excluding carboxylic acids is 3. The summed E-state index contributed by atoms with van der Waals surface area (Å²) in [5.41, 5.74) is 1.27. The molecule has 2 aliphatic rings. The number of piperidine rings is 1. The average Bonchev–Trinajstić information content (AvgIpc) is 2.78. The minimum atomic E-state index is -0.129. The Morgan fingerprint density at radius 2 is 1.70 bits per heavy atom. The molecule has 1 unspecified atom stereocenters. The number of rotatable bonds is 6. The summed E-state index contributed by atoms with van der Waals surface area (Å²) in [4.78, 5) is 39.2. The van der Waals surface area contributed by atoms with E-state index in [4.69, 9.17) is 0 Å². The third-order valence-corrected chi connectivity index (χ3v) is 6.29. The predicted molar refractivity (Wildman–Crippen MR) is 118 cm³/mol. The van der Waals surface area contributed by atoms with Crippen molar-refractivity contribution in [2.45, 2.75) is 58.8 Å². The zero-order valence-electron chi connectivity index (χ0n) is 18.3. The molecule has 1 saturated heterocycles. The lowest BCUT2D eigenvalue weighted by Gasteiger charge is -2.32. The summed E-state index contributed by atoms with van der Waals surface area (Å²) >= 11 is 0. The average molecular weight is 414 g/mol. The van der Waals surface area contributed by atoms with Crippen molar-refractivity contribution in [2.24, 2.45) is 17.8 Å². The first-order valence-corrected chi connectivity index (χ1v) is 11.4. The van der Waals surface area contributed by atoms with Gasteiger partial charge in [-0.15, -0.1) is 0 Å². The number of anilines is 1. The van der Waals surface area contributed by atoms with E-state index in [9.17, 15) is 14.4 Å². The highest BCUT2D eigenvalue weighted by atomic mass is 16.2. The Morgan fingerprint density at radius 3 is 2.37 bits per heavy atom. The highest BCUT2D eigenvalue weighted by molar-refractivity contribution is 5.96. The molecule has 1 atom stereocenters. The van der Waals surface area contributed by atoms with Gasteiger partial charge in [0.05, 0.1) is 5.92 Å². The number of benzene rings is 1. The van der Waals surface area contributed by atoms with Gasteiger partial charge in [-0.1, -0.05) is 33.1 Å². The topological polar surface area (TPSA) is 78.5 Å². The number of amides is 3. The summed E-state index contributed by atoms with van der Waals surface area (Å²) in [6.07, 6.45) is 7.95. The highest BCUT2D eigenvalue weighted by Gasteiger charge is 2.29. The van der Waals surface area contributed by atoms with Crippen molar-refractivity contribution in [3.63, 3.8) is 0 Å². The summed E-state index contributed by atoms with van der Waals surface area (Å²) in [5.74, 6) is 0.369. The number of hydrogen-bond donors (Lipinski definition) is 2. The molecule has 1 saturated carbocycles. The van der Waals surface area contributed by atoms with Gasteiger partial charge in [-0.05, 0) is 55.9 Å². The molecule has 3 rings (SSSR count). The lowest BCUT2D eigenvalue weighted by atomic mass is 9.89. The Morgan fingerprint density at radius 1 is 1.00 bits per heavy atom. The molecular formula is C24H35N3O3. The minimum absolute atomic E-state index is 0.0489. The van der Waals surface area contributed by atoms with Gasteiger partial charge in [0.1, 0.15) is 0 Å². The van der Waals surface area contributed by atoms with Crippen LogP contribution in [0.4, 0.5) is 5.69 Å². The number of likely N-dealkylation sites (tertiary alicyclic amines) is 1. The minimum Gasteiger partial charge on any atom is -0.356 e. The van der Waals surface area contributed by atoms with Crippen molar-refractivity contribution in [1.82, 2.24) is 10.2 Å². The Balaban J connectivity index is 1.52. The SMILES string of the molecule is CC(C)C(=O)Nc1ccc(C(=O)N2CCCC(C(=O)NCC3CCCCC3)C2)cc1. The van der Waals surface area contributed by atoms with Crippen LogP contribution in [0.1, 0.15) is 69.2 Å². The number of carbonyl (C=O) groups is 3. The monoisotopic (exact) mass is 413 g/mol.